The molecule has 238 valence electrons. The molecule has 0 N–H and O–H groups in total. The van der Waals surface area contributed by atoms with Crippen LogP contribution < -0.4 is 0 Å². The highest BCUT2D eigenvalue weighted by Crippen LogP contribution is 2.30. The van der Waals surface area contributed by atoms with Crippen LogP contribution in [0, 0.1) is 0 Å². The smallest absolute Gasteiger partial charge is 0.341 e. The molecule has 3 aromatic heterocycles. The molecule has 0 bridgehead atoms. The second kappa shape index (κ2) is 12.3. The average molecular weight is 664 g/mol. The highest BCUT2D eigenvalue weighted by atomic mass is 32.2. The second-order valence-corrected chi connectivity index (χ2v) is 14.0. The maximum atomic E-state index is 13.1. The quantitative estimate of drug-likeness (QED) is 0.277. The summed E-state index contributed by atoms with van der Waals surface area (Å²) in [7, 11) is -3.82. The Morgan fingerprint density at radius 3 is 2.60 bits per heavy atom. The Hall–Kier alpha value is -4.12. The Morgan fingerprint density at radius 1 is 1.07 bits per heavy atom. The number of likely N-dealkylation sites (tertiary alicyclic amines) is 1. The fraction of sp³-hybridized carbons (Fsp3) is 0.429. The van der Waals surface area contributed by atoms with Crippen molar-refractivity contribution in [2.24, 2.45) is 0 Å². The van der Waals surface area contributed by atoms with Crippen LogP contribution in [-0.2, 0) is 45.4 Å². The number of sulfone groups is 1. The van der Waals surface area contributed by atoms with Crippen molar-refractivity contribution in [3.8, 4) is 10.7 Å². The molecule has 17 heteroatoms. The largest absolute Gasteiger partial charge is 0.471 e. The first-order chi connectivity index (χ1) is 21.5. The first-order valence-electron chi connectivity index (χ1n) is 14.2. The molecule has 6 rings (SSSR count). The van der Waals surface area contributed by atoms with E-state index in [0.717, 1.165) is 4.88 Å². The number of fused-ring (bicyclic) bond motifs is 1. The van der Waals surface area contributed by atoms with Gasteiger partial charge in [0.15, 0.2) is 9.84 Å². The molecule has 4 aromatic rings. The summed E-state index contributed by atoms with van der Waals surface area (Å²) in [5.74, 6) is -1.22. The number of hydrogen-bond acceptors (Lipinski definition) is 10. The summed E-state index contributed by atoms with van der Waals surface area (Å²) in [5, 5.41) is 14.0. The zero-order valence-electron chi connectivity index (χ0n) is 23.8. The number of carbonyl (C=O) groups excluding carboxylic acids is 2. The van der Waals surface area contributed by atoms with Gasteiger partial charge in [-0.2, -0.15) is 18.2 Å². The van der Waals surface area contributed by atoms with Crippen molar-refractivity contribution in [1.82, 2.24) is 34.9 Å². The third kappa shape index (κ3) is 6.93. The van der Waals surface area contributed by atoms with E-state index in [-0.39, 0.29) is 54.9 Å². The fourth-order valence-electron chi connectivity index (χ4n) is 5.49. The molecule has 0 saturated carbocycles. The lowest BCUT2D eigenvalue weighted by molar-refractivity contribution is -0.186. The highest BCUT2D eigenvalue weighted by Gasteiger charge is 2.43. The normalized spacial score (nSPS) is 16.2. The van der Waals surface area contributed by atoms with Crippen molar-refractivity contribution >= 4 is 33.0 Å². The third-order valence-corrected chi connectivity index (χ3v) is 10.5. The molecule has 0 atom stereocenters. The van der Waals surface area contributed by atoms with Gasteiger partial charge >= 0.3 is 12.1 Å². The number of amides is 2. The molecule has 2 amide bonds. The number of thiophene rings is 1. The summed E-state index contributed by atoms with van der Waals surface area (Å²) in [6, 6.07) is 8.18. The molecule has 1 fully saturated rings. The number of aryl methyl sites for hydroxylation is 1. The van der Waals surface area contributed by atoms with Gasteiger partial charge < -0.3 is 14.3 Å². The van der Waals surface area contributed by atoms with E-state index in [0.29, 0.717) is 59.4 Å². The molecule has 5 heterocycles. The number of aromatic nitrogens is 5. The van der Waals surface area contributed by atoms with Crippen LogP contribution in [0.1, 0.15) is 41.5 Å². The van der Waals surface area contributed by atoms with Crippen molar-refractivity contribution in [2.75, 3.05) is 25.4 Å². The first kappa shape index (κ1) is 30.9. The number of carbonyl (C=O) groups is 2. The molecule has 1 saturated heterocycles. The zero-order chi connectivity index (χ0) is 31.8. The zero-order valence-corrected chi connectivity index (χ0v) is 25.4. The minimum atomic E-state index is -4.99. The molecule has 0 unspecified atom stereocenters. The fourth-order valence-corrected chi connectivity index (χ4v) is 7.45. The van der Waals surface area contributed by atoms with E-state index in [1.54, 1.807) is 11.0 Å². The number of hydrogen-bond donors (Lipinski definition) is 0. The van der Waals surface area contributed by atoms with Crippen molar-refractivity contribution in [3.05, 3.63) is 64.6 Å². The number of rotatable bonds is 8. The van der Waals surface area contributed by atoms with Gasteiger partial charge in [0.2, 0.25) is 17.6 Å². The lowest BCUT2D eigenvalue weighted by Crippen LogP contribution is -2.43. The average Bonchev–Trinajstić information content (AvgIpc) is 3.81. The first-order valence-corrected chi connectivity index (χ1v) is 16.7. The molecule has 12 nitrogen and oxygen atoms in total. The molecule has 45 heavy (non-hydrogen) atoms. The Morgan fingerprint density at radius 2 is 1.87 bits per heavy atom. The maximum Gasteiger partial charge on any atom is 0.471 e. The van der Waals surface area contributed by atoms with Crippen LogP contribution in [-0.4, -0.2) is 86.7 Å². The molecule has 0 aliphatic carbocycles. The molecule has 2 aliphatic rings. The summed E-state index contributed by atoms with van der Waals surface area (Å²) in [4.78, 5) is 32.4. The Kier molecular flexibility index (Phi) is 8.47. The summed E-state index contributed by atoms with van der Waals surface area (Å²) in [6.45, 7) is 0.576. The minimum Gasteiger partial charge on any atom is -0.341 e. The maximum absolute atomic E-state index is 13.1. The monoisotopic (exact) mass is 663 g/mol. The van der Waals surface area contributed by atoms with Gasteiger partial charge in [-0.05, 0) is 54.0 Å². The number of nitrogens with zero attached hydrogens (tertiary/aromatic N) is 7. The van der Waals surface area contributed by atoms with Gasteiger partial charge in [0.05, 0.1) is 21.2 Å². The number of piperidine rings is 1. The highest BCUT2D eigenvalue weighted by molar-refractivity contribution is 7.91. The van der Waals surface area contributed by atoms with E-state index in [1.807, 2.05) is 17.5 Å². The van der Waals surface area contributed by atoms with Gasteiger partial charge in [0.1, 0.15) is 6.54 Å². The Bertz CT molecular complexity index is 1800. The number of benzene rings is 1. The van der Waals surface area contributed by atoms with Crippen LogP contribution in [0.3, 0.4) is 0 Å². The van der Waals surface area contributed by atoms with Crippen LogP contribution in [0.2, 0.25) is 0 Å². The van der Waals surface area contributed by atoms with E-state index in [1.165, 1.54) is 34.3 Å². The molecule has 0 spiro atoms. The van der Waals surface area contributed by atoms with Crippen LogP contribution in [0.25, 0.3) is 10.7 Å². The van der Waals surface area contributed by atoms with Crippen molar-refractivity contribution in [3.63, 3.8) is 0 Å². The SMILES string of the molecule is O=C(Cn1cc(CCS(=O)(=O)c2ccc3c(c2)CN(C(=O)C(F)(F)F)CC3)nn1)N1CCC(c2nc(-c3cccs3)no2)CC1. The van der Waals surface area contributed by atoms with E-state index in [9.17, 15) is 31.2 Å². The third-order valence-electron chi connectivity index (χ3n) is 7.97. The molecule has 2 aliphatic heterocycles. The predicted molar refractivity (Wildman–Crippen MR) is 154 cm³/mol. The molecular weight excluding hydrogens is 635 g/mol. The van der Waals surface area contributed by atoms with Crippen molar-refractivity contribution in [2.45, 2.75) is 55.8 Å². The Balaban J connectivity index is 1.00. The minimum absolute atomic E-state index is 0.0231. The number of alkyl halides is 3. The molecule has 1 aromatic carbocycles. The van der Waals surface area contributed by atoms with Gasteiger partial charge in [0.25, 0.3) is 0 Å². The second-order valence-electron chi connectivity index (χ2n) is 11.0. The topological polar surface area (TPSA) is 144 Å². The van der Waals surface area contributed by atoms with Crippen molar-refractivity contribution < 1.29 is 35.7 Å². The van der Waals surface area contributed by atoms with Gasteiger partial charge in [-0.25, -0.2) is 13.1 Å². The van der Waals surface area contributed by atoms with Gasteiger partial charge in [-0.3, -0.25) is 9.59 Å². The molecular formula is C28H28F3N7O5S2. The van der Waals surface area contributed by atoms with Crippen LogP contribution >= 0.6 is 11.3 Å². The van der Waals surface area contributed by atoms with Gasteiger partial charge in [-0.1, -0.05) is 22.5 Å². The lowest BCUT2D eigenvalue weighted by atomic mass is 9.97. The summed E-state index contributed by atoms with van der Waals surface area (Å²) >= 11 is 1.53. The van der Waals surface area contributed by atoms with Crippen LogP contribution in [0.4, 0.5) is 13.2 Å². The van der Waals surface area contributed by atoms with Crippen LogP contribution in [0.15, 0.2) is 51.3 Å². The predicted octanol–water partition coefficient (Wildman–Crippen LogP) is 3.26. The lowest BCUT2D eigenvalue weighted by Gasteiger charge is -2.30. The van der Waals surface area contributed by atoms with E-state index >= 15 is 0 Å². The summed E-state index contributed by atoms with van der Waals surface area (Å²) < 4.78 is 71.6. The molecule has 0 radical (unpaired) electrons. The summed E-state index contributed by atoms with van der Waals surface area (Å²) in [6.07, 6.45) is -1.89. The van der Waals surface area contributed by atoms with Crippen LogP contribution in [0.5, 0.6) is 0 Å². The number of halogens is 3. The van der Waals surface area contributed by atoms with Crippen molar-refractivity contribution in [1.29, 1.82) is 0 Å². The standard InChI is InChI=1S/C28H28F3N7O5S2/c29-28(30,31)27(40)37-11-5-18-3-4-22(14-20(18)15-37)45(41,42)13-8-21-16-38(35-33-21)17-24(39)36-9-6-19(7-10-36)26-32-25(34-43-26)23-2-1-12-44-23/h1-4,12,14,16,19H,5-11,13,15,17H2. The summed E-state index contributed by atoms with van der Waals surface area (Å²) in [5.41, 5.74) is 1.45. The van der Waals surface area contributed by atoms with E-state index < -0.39 is 21.9 Å². The Labute approximate surface area is 259 Å². The van der Waals surface area contributed by atoms with Gasteiger partial charge in [0, 0.05) is 44.7 Å². The van der Waals surface area contributed by atoms with E-state index in [4.69, 9.17) is 4.52 Å². The van der Waals surface area contributed by atoms with E-state index in [2.05, 4.69) is 20.5 Å². The van der Waals surface area contributed by atoms with Gasteiger partial charge in [-0.15, -0.1) is 16.4 Å².